The highest BCUT2D eigenvalue weighted by atomic mass is 19.1. The normalized spacial score (nSPS) is 14.0. The average Bonchev–Trinajstić information content (AvgIpc) is 0.818. The molecular formula is C90H124FN9O17. The van der Waals surface area contributed by atoms with Crippen molar-refractivity contribution in [3.63, 3.8) is 0 Å². The molecule has 0 aliphatic heterocycles. The molecule has 0 aliphatic carbocycles. The molecule has 117 heavy (non-hydrogen) atoms. The lowest BCUT2D eigenvalue weighted by Gasteiger charge is -2.34. The number of carbonyl (C=O) groups is 9. The van der Waals surface area contributed by atoms with E-state index in [1.165, 1.54) is 53.3 Å². The van der Waals surface area contributed by atoms with Gasteiger partial charge in [-0.05, 0) is 231 Å². The van der Waals surface area contributed by atoms with Crippen LogP contribution in [0, 0.1) is 19.7 Å². The lowest BCUT2D eigenvalue weighted by Crippen LogP contribution is -2.64. The van der Waals surface area contributed by atoms with Crippen LogP contribution in [0.3, 0.4) is 0 Å². The van der Waals surface area contributed by atoms with Crippen LogP contribution < -0.4 is 67.2 Å². The Hall–Kier alpha value is -10.6. The first-order valence-electron chi connectivity index (χ1n) is 39.8. The van der Waals surface area contributed by atoms with Gasteiger partial charge >= 0.3 is 12.1 Å². The lowest BCUT2D eigenvalue weighted by molar-refractivity contribution is -0.157. The van der Waals surface area contributed by atoms with Crippen LogP contribution >= 0.6 is 0 Å². The fourth-order valence-electron chi connectivity index (χ4n) is 12.8. The number of hydrogen-bond donors (Lipinski definition) is 9. The number of carbonyl (C=O) groups excluding carboxylic acids is 9. The molecule has 0 bridgehead atoms. The summed E-state index contributed by atoms with van der Waals surface area (Å²) in [5.74, 6) is -5.44. The third kappa shape index (κ3) is 32.4. The predicted octanol–water partition coefficient (Wildman–Crippen LogP) is 11.1. The van der Waals surface area contributed by atoms with Crippen molar-refractivity contribution in [1.82, 2.24) is 42.5 Å². The Labute approximate surface area is 689 Å². The minimum absolute atomic E-state index is 0.0571. The molecule has 6 rings (SSSR count). The van der Waals surface area contributed by atoms with E-state index >= 15 is 23.6 Å². The second-order valence-corrected chi connectivity index (χ2v) is 33.6. The maximum atomic E-state index is 15.9. The van der Waals surface area contributed by atoms with E-state index in [9.17, 15) is 24.0 Å². The van der Waals surface area contributed by atoms with Crippen molar-refractivity contribution in [1.29, 1.82) is 0 Å². The third-order valence-corrected chi connectivity index (χ3v) is 18.4. The molecule has 0 heterocycles. The fraction of sp³-hybridized carbons (Fsp3) is 0.500. The largest absolute Gasteiger partial charge is 0.497 e. The Morgan fingerprint density at radius 2 is 1.15 bits per heavy atom. The molecule has 6 aromatic carbocycles. The monoisotopic (exact) mass is 1620 g/mol. The highest BCUT2D eigenvalue weighted by molar-refractivity contribution is 5.98. The molecule has 0 saturated heterocycles. The summed E-state index contributed by atoms with van der Waals surface area (Å²) < 4.78 is 62.0. The summed E-state index contributed by atoms with van der Waals surface area (Å²) >= 11 is 0. The van der Waals surface area contributed by atoms with E-state index in [4.69, 9.17) is 43.6 Å². The van der Waals surface area contributed by atoms with Gasteiger partial charge in [0.25, 0.3) is 5.91 Å². The number of esters is 1. The van der Waals surface area contributed by atoms with Crippen molar-refractivity contribution in [3.05, 3.63) is 178 Å². The lowest BCUT2D eigenvalue weighted by atomic mass is 9.92. The number of ether oxygens (including phenoxy) is 8. The number of benzene rings is 6. The topological polar surface area (TPSA) is 350 Å². The van der Waals surface area contributed by atoms with Gasteiger partial charge in [0.15, 0.2) is 6.61 Å². The second-order valence-electron chi connectivity index (χ2n) is 33.6. The van der Waals surface area contributed by atoms with Gasteiger partial charge in [0.1, 0.15) is 70.2 Å². The van der Waals surface area contributed by atoms with Crippen LogP contribution in [0.15, 0.2) is 127 Å². The molecular weight excluding hydrogens is 1500 g/mol. The molecule has 638 valence electrons. The van der Waals surface area contributed by atoms with Crippen LogP contribution in [0.5, 0.6) is 23.0 Å². The number of unbranched alkanes of at least 4 members (excludes halogenated alkanes) is 1. The maximum absolute atomic E-state index is 15.9. The van der Waals surface area contributed by atoms with Crippen LogP contribution in [0.1, 0.15) is 187 Å². The molecule has 10 N–H and O–H groups in total. The Bertz CT molecular complexity index is 4310. The van der Waals surface area contributed by atoms with Gasteiger partial charge in [0, 0.05) is 38.1 Å². The predicted molar refractivity (Wildman–Crippen MR) is 447 cm³/mol. The molecule has 0 spiro atoms. The van der Waals surface area contributed by atoms with Gasteiger partial charge in [-0.3, -0.25) is 38.4 Å². The highest BCUT2D eigenvalue weighted by Crippen LogP contribution is 2.35. The van der Waals surface area contributed by atoms with E-state index < -0.39 is 137 Å². The van der Waals surface area contributed by atoms with Gasteiger partial charge < -0.3 is 86.2 Å². The summed E-state index contributed by atoms with van der Waals surface area (Å²) in [6.45, 7) is 29.6. The zero-order chi connectivity index (χ0) is 86.8. The van der Waals surface area contributed by atoms with Gasteiger partial charge in [-0.1, -0.05) is 96.9 Å². The smallest absolute Gasteiger partial charge is 0.407 e. The molecule has 8 amide bonds. The van der Waals surface area contributed by atoms with Crippen LogP contribution in [0.25, 0.3) is 11.1 Å². The first kappa shape index (κ1) is 95.2. The van der Waals surface area contributed by atoms with Crippen LogP contribution in [0.4, 0.5) is 9.18 Å². The fourth-order valence-corrected chi connectivity index (χ4v) is 12.8. The van der Waals surface area contributed by atoms with E-state index in [0.717, 1.165) is 33.4 Å². The maximum Gasteiger partial charge on any atom is 0.407 e. The minimum Gasteiger partial charge on any atom is -0.497 e. The summed E-state index contributed by atoms with van der Waals surface area (Å²) in [5, 5.41) is 22.4. The number of likely N-dealkylation sites (N-methyl/N-ethyl adjacent to an activating group) is 1. The van der Waals surface area contributed by atoms with Crippen molar-refractivity contribution >= 4 is 53.4 Å². The van der Waals surface area contributed by atoms with Crippen molar-refractivity contribution in [2.75, 3.05) is 47.6 Å². The SMILES string of the molecule is CCc1cc(OCCCCNC(=O)OC(C)(C)C)ccc1-c1ccc(C[C@H](NC(=O)[C@H](CC(=O)OC(C)(C)C)NC(=O)[C@H](COC(C)(C)C)NC(=O)[C@@H](NC(=O)[C@@](C)(N)Cc2ccccc2F)[C@@H](C)OC(C)(C)C)C(=O)N[C@@H](CCCc2cc(C)cc(C)c2)C(=O)NC(c2ccc(OCC(=O)NC)cc2)c2ccc(OC)cc2OC)cc1. The number of nitrogens with one attached hydrogen (secondary N) is 8. The molecule has 26 nitrogen and oxygen atoms in total. The Kier molecular flexibility index (Phi) is 35.4. The van der Waals surface area contributed by atoms with E-state index in [2.05, 4.69) is 60.7 Å². The summed E-state index contributed by atoms with van der Waals surface area (Å²) in [6, 6.07) is 28.0. The van der Waals surface area contributed by atoms with Crippen molar-refractivity contribution in [2.45, 2.75) is 246 Å². The number of halogens is 1. The number of aryl methyl sites for hydroxylation is 4. The van der Waals surface area contributed by atoms with E-state index in [1.807, 2.05) is 51.1 Å². The molecule has 27 heteroatoms. The molecule has 0 aliphatic rings. The first-order valence-corrected chi connectivity index (χ1v) is 39.8. The number of hydrogen-bond acceptors (Lipinski definition) is 18. The summed E-state index contributed by atoms with van der Waals surface area (Å²) in [4.78, 5) is 130. The highest BCUT2D eigenvalue weighted by Gasteiger charge is 2.41. The molecule has 0 fully saturated rings. The number of amides is 8. The third-order valence-electron chi connectivity index (χ3n) is 18.4. The number of rotatable bonds is 41. The van der Waals surface area contributed by atoms with Gasteiger partial charge in [-0.2, -0.15) is 0 Å². The molecule has 0 aromatic heterocycles. The molecule has 6 aromatic rings. The zero-order valence-electron chi connectivity index (χ0n) is 71.8. The van der Waals surface area contributed by atoms with Crippen molar-refractivity contribution in [2.24, 2.45) is 5.73 Å². The number of methoxy groups -OCH3 is 2. The zero-order valence-corrected chi connectivity index (χ0v) is 71.8. The van der Waals surface area contributed by atoms with Crippen LogP contribution in [0.2, 0.25) is 0 Å². The van der Waals surface area contributed by atoms with Gasteiger partial charge in [-0.25, -0.2) is 9.18 Å². The van der Waals surface area contributed by atoms with Gasteiger partial charge in [0.2, 0.25) is 35.4 Å². The average molecular weight is 1620 g/mol. The number of nitrogens with two attached hydrogens (primary N) is 1. The minimum atomic E-state index is -1.85. The molecule has 8 atom stereocenters. The van der Waals surface area contributed by atoms with E-state index in [1.54, 1.807) is 144 Å². The first-order chi connectivity index (χ1) is 54.8. The van der Waals surface area contributed by atoms with E-state index in [0.29, 0.717) is 84.9 Å². The van der Waals surface area contributed by atoms with Gasteiger partial charge in [-0.15, -0.1) is 0 Å². The van der Waals surface area contributed by atoms with Gasteiger partial charge in [0.05, 0.1) is 62.7 Å². The van der Waals surface area contributed by atoms with Crippen LogP contribution in [-0.2, 0) is 83.0 Å². The molecule has 0 radical (unpaired) electrons. The summed E-state index contributed by atoms with van der Waals surface area (Å²) in [7, 11) is 4.48. The summed E-state index contributed by atoms with van der Waals surface area (Å²) in [6.07, 6.45) is -0.0315. The van der Waals surface area contributed by atoms with Crippen molar-refractivity contribution in [3.8, 4) is 34.1 Å². The standard InChI is InChI=1S/C90H124FN9O17/c1-21-60-49-66(112-44-25-24-43-94-85(109)117-89(14,15)16)40-41-67(60)61-33-31-58(32-34-61)48-71(80(104)95-70(30-26-27-59-46-55(2)45-56(3)47-59)79(103)99-78(68-42-39-65(110-19)50-74(68)111-20)62-35-37-64(38-36-62)113-54-75(101)93-18)96-81(105)72(51-76(102)116-88(11,12)13)97-82(106)73(53-114-86(5,6)7)98-83(107)77(57(4)115-87(8,9)10)100-84(108)90(17,92)52-63-28-22-23-29-69(63)91/h22-23,28-29,31-42,45-47,49-50,57,70-73,77-78H,21,24-27,30,43-44,48,51-54,92H2,1-20H3,(H,93,101)(H,94,109)(H,95,104)(H,96,105)(H,97,106)(H,98,107)(H,99,103)(H,100,108)/t57-,70+,71+,72+,73+,77+,78?,90+/m1/s1. The Balaban J connectivity index is 1.43. The molecule has 0 saturated carbocycles. The van der Waals surface area contributed by atoms with Crippen LogP contribution in [-0.4, -0.2) is 165 Å². The quantitative estimate of drug-likeness (QED) is 0.0127. The van der Waals surface area contributed by atoms with E-state index in [-0.39, 0.29) is 37.3 Å². The second kappa shape index (κ2) is 43.5. The number of alkyl carbamates (subject to hydrolysis) is 1. The summed E-state index contributed by atoms with van der Waals surface area (Å²) in [5.41, 5.74) is 8.73. The Morgan fingerprint density at radius 3 is 1.75 bits per heavy atom. The Morgan fingerprint density at radius 1 is 0.547 bits per heavy atom. The molecule has 1 unspecified atom stereocenters. The van der Waals surface area contributed by atoms with Crippen molar-refractivity contribution < 1.29 is 85.4 Å².